The smallest absolute Gasteiger partial charge is 0.234 e. The Hall–Kier alpha value is -5.90. The maximum Gasteiger partial charge on any atom is 0.234 e. The second-order valence-corrected chi connectivity index (χ2v) is 15.0. The fourth-order valence-electron chi connectivity index (χ4n) is 10.4. The highest BCUT2D eigenvalue weighted by molar-refractivity contribution is 6.17. The Labute approximate surface area is 327 Å². The number of imide groups is 2. The van der Waals surface area contributed by atoms with Gasteiger partial charge in [-0.05, 0) is 76.9 Å². The van der Waals surface area contributed by atoms with Crippen molar-refractivity contribution in [1.82, 2.24) is 9.80 Å². The van der Waals surface area contributed by atoms with E-state index in [1.165, 1.54) is 9.80 Å². The zero-order valence-corrected chi connectivity index (χ0v) is 32.3. The van der Waals surface area contributed by atoms with Gasteiger partial charge < -0.3 is 18.9 Å². The average molecular weight is 755 g/mol. The summed E-state index contributed by atoms with van der Waals surface area (Å²) in [7, 11) is 6.28. The monoisotopic (exact) mass is 754 g/mol. The lowest BCUT2D eigenvalue weighted by molar-refractivity contribution is -0.145. The van der Waals surface area contributed by atoms with Crippen molar-refractivity contribution in [3.63, 3.8) is 0 Å². The third-order valence-corrected chi connectivity index (χ3v) is 12.7. The number of benzene rings is 4. The highest BCUT2D eigenvalue weighted by Crippen LogP contribution is 2.73. The molecule has 4 amide bonds. The molecule has 2 aliphatic heterocycles. The summed E-state index contributed by atoms with van der Waals surface area (Å²) < 4.78 is 21.9. The van der Waals surface area contributed by atoms with E-state index in [1.807, 2.05) is 104 Å². The third kappa shape index (κ3) is 5.51. The highest BCUT2D eigenvalue weighted by atomic mass is 16.5. The second-order valence-electron chi connectivity index (χ2n) is 15.0. The summed E-state index contributed by atoms with van der Waals surface area (Å²) in [6.07, 6.45) is 1.19. The summed E-state index contributed by atoms with van der Waals surface area (Å²) in [5, 5.41) is 0. The summed E-state index contributed by atoms with van der Waals surface area (Å²) in [5.74, 6) is -2.78. The molecule has 2 heterocycles. The zero-order chi connectivity index (χ0) is 39.3. The molecule has 3 fully saturated rings. The Balaban J connectivity index is 1.24. The first-order chi connectivity index (χ1) is 27.2. The lowest BCUT2D eigenvalue weighted by atomic mass is 9.40. The van der Waals surface area contributed by atoms with Gasteiger partial charge >= 0.3 is 0 Å². The Bertz CT molecular complexity index is 2130. The van der Waals surface area contributed by atoms with Crippen LogP contribution in [0.25, 0.3) is 11.1 Å². The Kier molecular flexibility index (Phi) is 9.68. The van der Waals surface area contributed by atoms with E-state index >= 15 is 9.59 Å². The van der Waals surface area contributed by atoms with Crippen LogP contribution in [0, 0.1) is 35.0 Å². The minimum Gasteiger partial charge on any atom is -0.493 e. The molecule has 3 aliphatic carbocycles. The fourth-order valence-corrected chi connectivity index (χ4v) is 10.4. The van der Waals surface area contributed by atoms with Crippen LogP contribution in [0.15, 0.2) is 97.1 Å². The summed E-state index contributed by atoms with van der Waals surface area (Å²) in [4.78, 5) is 62.8. The van der Waals surface area contributed by atoms with Crippen LogP contribution in [0.3, 0.4) is 0 Å². The number of hydrogen-bond donors (Lipinski definition) is 0. The van der Waals surface area contributed by atoms with E-state index in [4.69, 9.17) is 18.9 Å². The van der Waals surface area contributed by atoms with E-state index in [1.54, 1.807) is 28.4 Å². The van der Waals surface area contributed by atoms with Gasteiger partial charge in [-0.1, -0.05) is 79.7 Å². The van der Waals surface area contributed by atoms with Crippen molar-refractivity contribution >= 4 is 34.8 Å². The molecule has 56 heavy (non-hydrogen) atoms. The van der Waals surface area contributed by atoms with Crippen LogP contribution in [0.2, 0.25) is 0 Å². The number of hydrogen-bond acceptors (Lipinski definition) is 8. The van der Waals surface area contributed by atoms with Crippen molar-refractivity contribution in [1.29, 1.82) is 0 Å². The number of carbonyl (C=O) groups is 4. The minimum absolute atomic E-state index is 0.155. The number of methoxy groups -OCH3 is 4. The lowest BCUT2D eigenvalue weighted by Crippen LogP contribution is -2.60. The standard InChI is InChI=1S/C46H46N2O8/c1-6-46-39(30-15-11-8-12-16-30)35(29-13-9-7-10-14-29)36(37-40(46)44(51)47(42(37)49)23-21-27-17-19-31(53-2)33(25-27)55-4)38-41(46)45(52)48(43(38)50)24-22-28-18-20-32(54-3)34(26-28)56-5/h7-20,25-26,36-38,40-41H,6,21-24H2,1-5H3/t36?,37-,38+,40-,41+,46?. The number of ether oxygens (including phenoxy) is 4. The molecule has 4 aromatic rings. The Morgan fingerprint density at radius 2 is 0.946 bits per heavy atom. The van der Waals surface area contributed by atoms with Crippen molar-refractivity contribution < 1.29 is 38.1 Å². The maximum atomic E-state index is 15.1. The number of rotatable bonds is 13. The van der Waals surface area contributed by atoms with Crippen molar-refractivity contribution in [3.05, 3.63) is 119 Å². The second kappa shape index (κ2) is 14.6. The normalized spacial score (nSPS) is 25.1. The highest BCUT2D eigenvalue weighted by Gasteiger charge is 2.77. The Morgan fingerprint density at radius 3 is 1.36 bits per heavy atom. The van der Waals surface area contributed by atoms with Crippen LogP contribution in [0.5, 0.6) is 23.0 Å². The van der Waals surface area contributed by atoms with E-state index in [-0.39, 0.29) is 36.7 Å². The van der Waals surface area contributed by atoms with Crippen LogP contribution >= 0.6 is 0 Å². The number of nitrogens with zero attached hydrogens (tertiary/aromatic N) is 2. The van der Waals surface area contributed by atoms with Crippen molar-refractivity contribution in [3.8, 4) is 23.0 Å². The predicted molar refractivity (Wildman–Crippen MR) is 210 cm³/mol. The van der Waals surface area contributed by atoms with Gasteiger partial charge in [-0.15, -0.1) is 0 Å². The van der Waals surface area contributed by atoms with Gasteiger partial charge in [0.05, 0.1) is 52.1 Å². The van der Waals surface area contributed by atoms with E-state index in [0.717, 1.165) is 33.4 Å². The maximum absolute atomic E-state index is 15.1. The van der Waals surface area contributed by atoms with Crippen LogP contribution < -0.4 is 18.9 Å². The summed E-state index contributed by atoms with van der Waals surface area (Å²) in [6, 6.07) is 30.9. The van der Waals surface area contributed by atoms with Crippen LogP contribution in [0.4, 0.5) is 0 Å². The molecule has 10 heteroatoms. The summed E-state index contributed by atoms with van der Waals surface area (Å²) in [5.41, 5.74) is 4.18. The van der Waals surface area contributed by atoms with E-state index in [9.17, 15) is 9.59 Å². The fraction of sp³-hybridized carbons (Fsp3) is 0.348. The van der Waals surface area contributed by atoms with Gasteiger partial charge in [-0.2, -0.15) is 0 Å². The molecule has 9 rings (SSSR count). The quantitative estimate of drug-likeness (QED) is 0.145. The van der Waals surface area contributed by atoms with Gasteiger partial charge in [0.15, 0.2) is 23.0 Å². The lowest BCUT2D eigenvalue weighted by Gasteiger charge is -2.59. The number of allylic oxidation sites excluding steroid dienone is 2. The first-order valence-corrected chi connectivity index (χ1v) is 19.2. The SMILES string of the molecule is CCC12C(c3ccccc3)=C(c3ccccc3)C([C@H]3C(=O)N(CCc4ccc(OC)c(OC)c4)C(=O)[C@@H]31)[C@@H]1C(=O)N(CCc3ccc(OC)c(OC)c3)C(=O)[C@H]12. The zero-order valence-electron chi connectivity index (χ0n) is 32.3. The van der Waals surface area contributed by atoms with Gasteiger partial charge in [0, 0.05) is 24.4 Å². The van der Waals surface area contributed by atoms with Crippen molar-refractivity contribution in [2.24, 2.45) is 35.0 Å². The van der Waals surface area contributed by atoms with E-state index in [2.05, 4.69) is 0 Å². The predicted octanol–water partition coefficient (Wildman–Crippen LogP) is 6.36. The minimum atomic E-state index is -1.13. The van der Waals surface area contributed by atoms with Crippen molar-refractivity contribution in [2.45, 2.75) is 26.2 Å². The largest absolute Gasteiger partial charge is 0.493 e. The first kappa shape index (κ1) is 37.0. The molecule has 2 bridgehead atoms. The molecule has 10 nitrogen and oxygen atoms in total. The summed E-state index contributed by atoms with van der Waals surface area (Å²) >= 11 is 0. The topological polar surface area (TPSA) is 112 Å². The van der Waals surface area contributed by atoms with Gasteiger partial charge in [-0.25, -0.2) is 0 Å². The molecule has 6 atom stereocenters. The molecule has 0 spiro atoms. The molecule has 2 saturated heterocycles. The molecular weight excluding hydrogens is 709 g/mol. The molecule has 0 radical (unpaired) electrons. The number of carbonyl (C=O) groups excluding carboxylic acids is 4. The third-order valence-electron chi connectivity index (χ3n) is 12.7. The molecule has 2 unspecified atom stereocenters. The van der Waals surface area contributed by atoms with Crippen LogP contribution in [-0.4, -0.2) is 75.0 Å². The molecule has 288 valence electrons. The van der Waals surface area contributed by atoms with Gasteiger partial charge in [0.2, 0.25) is 23.6 Å². The van der Waals surface area contributed by atoms with Crippen LogP contribution in [-0.2, 0) is 32.0 Å². The number of amides is 4. The molecule has 0 N–H and O–H groups in total. The molecule has 5 aliphatic rings. The molecule has 0 aromatic heterocycles. The van der Waals surface area contributed by atoms with Crippen LogP contribution in [0.1, 0.15) is 35.6 Å². The molecule has 1 saturated carbocycles. The van der Waals surface area contributed by atoms with Gasteiger partial charge in [0.25, 0.3) is 0 Å². The first-order valence-electron chi connectivity index (χ1n) is 19.2. The van der Waals surface area contributed by atoms with E-state index < -0.39 is 35.0 Å². The van der Waals surface area contributed by atoms with Crippen molar-refractivity contribution in [2.75, 3.05) is 41.5 Å². The van der Waals surface area contributed by atoms with Gasteiger partial charge in [0.1, 0.15) is 0 Å². The summed E-state index contributed by atoms with van der Waals surface area (Å²) in [6.45, 7) is 2.31. The molecular formula is C46H46N2O8. The molecule has 4 aromatic carbocycles. The number of likely N-dealkylation sites (tertiary alicyclic amines) is 2. The Morgan fingerprint density at radius 1 is 0.518 bits per heavy atom. The van der Waals surface area contributed by atoms with E-state index in [0.29, 0.717) is 42.3 Å². The average Bonchev–Trinajstić information content (AvgIpc) is 3.66. The van der Waals surface area contributed by atoms with Gasteiger partial charge in [-0.3, -0.25) is 29.0 Å².